The molecule has 7 nitrogen and oxygen atoms in total. The fraction of sp³-hybridized carbons (Fsp3) is 0.429. The molecule has 0 bridgehead atoms. The number of ether oxygens (including phenoxy) is 1. The highest BCUT2D eigenvalue weighted by Gasteiger charge is 2.21. The van der Waals surface area contributed by atoms with Crippen LogP contribution >= 0.6 is 0 Å². The lowest BCUT2D eigenvalue weighted by Crippen LogP contribution is -2.50. The highest BCUT2D eigenvalue weighted by atomic mass is 16.6. The summed E-state index contributed by atoms with van der Waals surface area (Å²) in [6.07, 6.45) is -0.606. The number of phenolic OH excluding ortho intramolecular Hbond substituents is 1. The summed E-state index contributed by atoms with van der Waals surface area (Å²) in [5, 5.41) is 18.3. The van der Waals surface area contributed by atoms with Gasteiger partial charge in [0.15, 0.2) is 0 Å². The summed E-state index contributed by atoms with van der Waals surface area (Å²) in [7, 11) is 0. The molecule has 0 unspecified atom stereocenters. The molecular weight excluding hydrogens is 276 g/mol. The molecule has 1 rings (SSSR count). The van der Waals surface area contributed by atoms with Crippen LogP contribution in [0.5, 0.6) is 5.75 Å². The molecule has 0 saturated heterocycles. The molecule has 0 aliphatic carbocycles. The molecule has 0 radical (unpaired) electrons. The first-order valence-electron chi connectivity index (χ1n) is 6.42. The van der Waals surface area contributed by atoms with E-state index in [2.05, 4.69) is 10.9 Å². The summed E-state index contributed by atoms with van der Waals surface area (Å²) in [4.78, 5) is 22.6. The second kappa shape index (κ2) is 6.94. The van der Waals surface area contributed by atoms with Gasteiger partial charge in [0, 0.05) is 6.42 Å². The molecule has 1 atom stereocenters. The fourth-order valence-electron chi connectivity index (χ4n) is 1.52. The van der Waals surface area contributed by atoms with Crippen LogP contribution < -0.4 is 10.9 Å². The van der Waals surface area contributed by atoms with Gasteiger partial charge in [-0.05, 0) is 38.5 Å². The van der Waals surface area contributed by atoms with Crippen molar-refractivity contribution in [2.24, 2.45) is 0 Å². The molecule has 0 aliphatic rings. The number of carboxylic acids is 1. The number of rotatable bonds is 5. The summed E-state index contributed by atoms with van der Waals surface area (Å²) < 4.78 is 5.00. The molecule has 1 amide bonds. The van der Waals surface area contributed by atoms with Crippen LogP contribution in [0.25, 0.3) is 0 Å². The second-order valence-electron chi connectivity index (χ2n) is 5.53. The Morgan fingerprint density at radius 1 is 1.24 bits per heavy atom. The van der Waals surface area contributed by atoms with Crippen LogP contribution in [0.3, 0.4) is 0 Å². The van der Waals surface area contributed by atoms with Gasteiger partial charge in [0.25, 0.3) is 0 Å². The standard InChI is InChI=1S/C14H20N2O5/c1-14(2,3)21-13(20)16-15-11(12(18)19)8-9-4-6-10(17)7-5-9/h4-7,11,15,17H,8H2,1-3H3,(H,16,20)(H,18,19)/t11-/m0/s1. The number of carbonyl (C=O) groups is 2. The smallest absolute Gasteiger partial charge is 0.422 e. The van der Waals surface area contributed by atoms with E-state index in [0.717, 1.165) is 0 Å². The van der Waals surface area contributed by atoms with Gasteiger partial charge < -0.3 is 14.9 Å². The summed E-state index contributed by atoms with van der Waals surface area (Å²) in [5.74, 6) is -1.01. The molecule has 0 heterocycles. The van der Waals surface area contributed by atoms with Crippen LogP contribution in [-0.2, 0) is 16.0 Å². The molecular formula is C14H20N2O5. The SMILES string of the molecule is CC(C)(C)OC(=O)NN[C@@H](Cc1ccc(O)cc1)C(=O)O. The average Bonchev–Trinajstić information content (AvgIpc) is 2.34. The van der Waals surface area contributed by atoms with Gasteiger partial charge in [-0.25, -0.2) is 10.2 Å². The van der Waals surface area contributed by atoms with Crippen molar-refractivity contribution < 1.29 is 24.5 Å². The van der Waals surface area contributed by atoms with Gasteiger partial charge in [0.2, 0.25) is 0 Å². The minimum Gasteiger partial charge on any atom is -0.508 e. The summed E-state index contributed by atoms with van der Waals surface area (Å²) in [6.45, 7) is 5.12. The number of hydrazine groups is 1. The largest absolute Gasteiger partial charge is 0.508 e. The average molecular weight is 296 g/mol. The molecule has 1 aromatic carbocycles. The first-order valence-corrected chi connectivity index (χ1v) is 6.42. The number of carboxylic acid groups (broad SMARTS) is 1. The first-order chi connectivity index (χ1) is 9.67. The van der Waals surface area contributed by atoms with Crippen molar-refractivity contribution >= 4 is 12.1 Å². The Hall–Kier alpha value is -2.28. The molecule has 21 heavy (non-hydrogen) atoms. The Kier molecular flexibility index (Phi) is 5.54. The number of benzene rings is 1. The van der Waals surface area contributed by atoms with Gasteiger partial charge in [0.1, 0.15) is 17.4 Å². The van der Waals surface area contributed by atoms with E-state index in [9.17, 15) is 14.7 Å². The number of hydrogen-bond donors (Lipinski definition) is 4. The lowest BCUT2D eigenvalue weighted by atomic mass is 10.1. The predicted octanol–water partition coefficient (Wildman–Crippen LogP) is 1.42. The van der Waals surface area contributed by atoms with Crippen molar-refractivity contribution in [1.29, 1.82) is 0 Å². The Morgan fingerprint density at radius 3 is 2.29 bits per heavy atom. The van der Waals surface area contributed by atoms with Crippen molar-refractivity contribution in [3.05, 3.63) is 29.8 Å². The molecule has 116 valence electrons. The predicted molar refractivity (Wildman–Crippen MR) is 75.7 cm³/mol. The van der Waals surface area contributed by atoms with Gasteiger partial charge >= 0.3 is 12.1 Å². The van der Waals surface area contributed by atoms with Crippen molar-refractivity contribution in [1.82, 2.24) is 10.9 Å². The van der Waals surface area contributed by atoms with E-state index < -0.39 is 23.7 Å². The van der Waals surface area contributed by atoms with Gasteiger partial charge in [-0.1, -0.05) is 12.1 Å². The number of amides is 1. The van der Waals surface area contributed by atoms with Crippen LogP contribution in [0.2, 0.25) is 0 Å². The lowest BCUT2D eigenvalue weighted by molar-refractivity contribution is -0.139. The Morgan fingerprint density at radius 2 is 1.81 bits per heavy atom. The molecule has 7 heteroatoms. The number of hydrogen-bond acceptors (Lipinski definition) is 5. The minimum atomic E-state index is -1.11. The molecule has 0 aromatic heterocycles. The van der Waals surface area contributed by atoms with Crippen molar-refractivity contribution in [2.75, 3.05) is 0 Å². The third-order valence-corrected chi connectivity index (χ3v) is 2.42. The van der Waals surface area contributed by atoms with Gasteiger partial charge in [-0.15, -0.1) is 0 Å². The zero-order valence-corrected chi connectivity index (χ0v) is 12.2. The maximum absolute atomic E-state index is 11.5. The summed E-state index contributed by atoms with van der Waals surface area (Å²) in [6, 6.07) is 5.15. The van der Waals surface area contributed by atoms with E-state index in [1.807, 2.05) is 0 Å². The number of carbonyl (C=O) groups excluding carboxylic acids is 1. The van der Waals surface area contributed by atoms with E-state index in [1.165, 1.54) is 12.1 Å². The molecule has 0 aliphatic heterocycles. The van der Waals surface area contributed by atoms with E-state index in [4.69, 9.17) is 9.84 Å². The zero-order valence-electron chi connectivity index (χ0n) is 12.2. The van der Waals surface area contributed by atoms with Crippen LogP contribution in [0, 0.1) is 0 Å². The third-order valence-electron chi connectivity index (χ3n) is 2.42. The number of aliphatic carboxylic acids is 1. The Bertz CT molecular complexity index is 493. The number of phenols is 1. The summed E-state index contributed by atoms with van der Waals surface area (Å²) >= 11 is 0. The fourth-order valence-corrected chi connectivity index (χ4v) is 1.52. The first kappa shape index (κ1) is 16.8. The van der Waals surface area contributed by atoms with E-state index in [0.29, 0.717) is 5.56 Å². The molecule has 1 aromatic rings. The number of nitrogens with one attached hydrogen (secondary N) is 2. The second-order valence-corrected chi connectivity index (χ2v) is 5.53. The molecule has 0 fully saturated rings. The van der Waals surface area contributed by atoms with Crippen molar-refractivity contribution in [2.45, 2.75) is 38.8 Å². The quantitative estimate of drug-likeness (QED) is 0.612. The maximum Gasteiger partial charge on any atom is 0.422 e. The minimum absolute atomic E-state index is 0.102. The van der Waals surface area contributed by atoms with Crippen molar-refractivity contribution in [3.63, 3.8) is 0 Å². The van der Waals surface area contributed by atoms with E-state index >= 15 is 0 Å². The van der Waals surface area contributed by atoms with Crippen molar-refractivity contribution in [3.8, 4) is 5.75 Å². The maximum atomic E-state index is 11.5. The summed E-state index contributed by atoms with van der Waals surface area (Å²) in [5.41, 5.74) is 4.67. The third kappa shape index (κ3) is 6.62. The number of aromatic hydroxyl groups is 1. The molecule has 4 N–H and O–H groups in total. The molecule has 0 spiro atoms. The van der Waals surface area contributed by atoms with Crippen LogP contribution in [0.1, 0.15) is 26.3 Å². The Labute approximate surface area is 122 Å². The zero-order chi connectivity index (χ0) is 16.0. The lowest BCUT2D eigenvalue weighted by Gasteiger charge is -2.21. The van der Waals surface area contributed by atoms with Crippen LogP contribution in [0.4, 0.5) is 4.79 Å². The monoisotopic (exact) mass is 296 g/mol. The topological polar surface area (TPSA) is 108 Å². The van der Waals surface area contributed by atoms with Crippen LogP contribution in [-0.4, -0.2) is 33.9 Å². The van der Waals surface area contributed by atoms with Crippen LogP contribution in [0.15, 0.2) is 24.3 Å². The van der Waals surface area contributed by atoms with E-state index in [1.54, 1.807) is 32.9 Å². The molecule has 0 saturated carbocycles. The van der Waals surface area contributed by atoms with E-state index in [-0.39, 0.29) is 12.2 Å². The highest BCUT2D eigenvalue weighted by molar-refractivity contribution is 5.75. The van der Waals surface area contributed by atoms with Gasteiger partial charge in [0.05, 0.1) is 0 Å². The normalized spacial score (nSPS) is 12.5. The Balaban J connectivity index is 2.56. The van der Waals surface area contributed by atoms with Gasteiger partial charge in [-0.3, -0.25) is 10.2 Å². The highest BCUT2D eigenvalue weighted by Crippen LogP contribution is 2.11. The van der Waals surface area contributed by atoms with Gasteiger partial charge in [-0.2, -0.15) is 0 Å².